The molecular weight excluding hydrogens is 254 g/mol. The van der Waals surface area contributed by atoms with Crippen molar-refractivity contribution < 1.29 is 9.53 Å². The van der Waals surface area contributed by atoms with Crippen LogP contribution < -0.4 is 10.5 Å². The summed E-state index contributed by atoms with van der Waals surface area (Å²) in [6.07, 6.45) is 2.39. The number of nitrogens with two attached hydrogens (primary N) is 1. The van der Waals surface area contributed by atoms with Crippen molar-refractivity contribution in [2.75, 3.05) is 13.2 Å². The first-order valence-electron chi connectivity index (χ1n) is 7.06. The summed E-state index contributed by atoms with van der Waals surface area (Å²) in [5.41, 5.74) is 6.93. The molecule has 1 aromatic carbocycles. The maximum atomic E-state index is 11.9. The van der Waals surface area contributed by atoms with Gasteiger partial charge in [0.05, 0.1) is 6.61 Å². The molecule has 0 bridgehead atoms. The van der Waals surface area contributed by atoms with Crippen LogP contribution in [0.4, 0.5) is 4.79 Å². The molecule has 1 saturated carbocycles. The molecular formula is C15H19N3O2. The molecule has 2 aliphatic rings. The molecule has 0 spiro atoms. The second kappa shape index (κ2) is 5.15. The number of ether oxygens (including phenoxy) is 1. The number of carbonyl (C=O) groups excluding carboxylic acids is 1. The minimum absolute atomic E-state index is 0.215. The van der Waals surface area contributed by atoms with E-state index in [0.717, 1.165) is 17.9 Å². The van der Waals surface area contributed by atoms with Crippen LogP contribution in [0.3, 0.4) is 0 Å². The van der Waals surface area contributed by atoms with E-state index in [1.165, 1.54) is 12.8 Å². The first-order chi connectivity index (χ1) is 9.69. The third-order valence-corrected chi connectivity index (χ3v) is 3.72. The number of amidine groups is 1. The first kappa shape index (κ1) is 13.0. The zero-order chi connectivity index (χ0) is 14.1. The van der Waals surface area contributed by atoms with Gasteiger partial charge in [0, 0.05) is 6.54 Å². The van der Waals surface area contributed by atoms with Gasteiger partial charge in [-0.3, -0.25) is 0 Å². The summed E-state index contributed by atoms with van der Waals surface area (Å²) in [5, 5.41) is 0. The van der Waals surface area contributed by atoms with Gasteiger partial charge in [-0.25, -0.2) is 4.79 Å². The minimum Gasteiger partial charge on any atom is -0.494 e. The van der Waals surface area contributed by atoms with Crippen LogP contribution in [0, 0.1) is 5.92 Å². The van der Waals surface area contributed by atoms with Gasteiger partial charge in [-0.15, -0.1) is 0 Å². The van der Waals surface area contributed by atoms with Crippen molar-refractivity contribution in [2.45, 2.75) is 25.8 Å². The lowest BCUT2D eigenvalue weighted by Gasteiger charge is -2.24. The van der Waals surface area contributed by atoms with E-state index in [-0.39, 0.29) is 12.1 Å². The Bertz CT molecular complexity index is 535. The van der Waals surface area contributed by atoms with Crippen LogP contribution >= 0.6 is 0 Å². The van der Waals surface area contributed by atoms with Crippen LogP contribution in [0.5, 0.6) is 5.75 Å². The van der Waals surface area contributed by atoms with Gasteiger partial charge in [0.15, 0.2) is 0 Å². The zero-order valence-electron chi connectivity index (χ0n) is 11.6. The van der Waals surface area contributed by atoms with Gasteiger partial charge < -0.3 is 15.4 Å². The lowest BCUT2D eigenvalue weighted by molar-refractivity contribution is 0.204. The molecule has 5 nitrogen and oxygen atoms in total. The lowest BCUT2D eigenvalue weighted by atomic mass is 10.0. The second-order valence-electron chi connectivity index (χ2n) is 5.32. The third kappa shape index (κ3) is 2.48. The number of nitrogens with zero attached hydrogens (tertiary/aromatic N) is 2. The molecule has 1 aliphatic carbocycles. The number of benzene rings is 1. The summed E-state index contributed by atoms with van der Waals surface area (Å²) < 4.78 is 5.43. The fourth-order valence-electron chi connectivity index (χ4n) is 2.53. The molecule has 5 heteroatoms. The van der Waals surface area contributed by atoms with Gasteiger partial charge in [0.2, 0.25) is 0 Å². The molecule has 0 radical (unpaired) electrons. The average molecular weight is 273 g/mol. The molecule has 1 unspecified atom stereocenters. The zero-order valence-corrected chi connectivity index (χ0v) is 11.6. The summed E-state index contributed by atoms with van der Waals surface area (Å²) in [4.78, 5) is 17.6. The monoisotopic (exact) mass is 273 g/mol. The van der Waals surface area contributed by atoms with E-state index in [1.807, 2.05) is 31.2 Å². The van der Waals surface area contributed by atoms with Crippen molar-refractivity contribution in [3.05, 3.63) is 29.8 Å². The highest BCUT2D eigenvalue weighted by Gasteiger charge is 2.38. The number of carbonyl (C=O) groups is 1. The molecule has 1 heterocycles. The Labute approximate surface area is 118 Å². The fraction of sp³-hybridized carbons (Fsp3) is 0.467. The third-order valence-electron chi connectivity index (χ3n) is 3.72. The largest absolute Gasteiger partial charge is 0.494 e. The molecule has 20 heavy (non-hydrogen) atoms. The number of hydrogen-bond donors (Lipinski definition) is 1. The molecule has 2 N–H and O–H groups in total. The lowest BCUT2D eigenvalue weighted by Crippen LogP contribution is -2.34. The summed E-state index contributed by atoms with van der Waals surface area (Å²) >= 11 is 0. The van der Waals surface area contributed by atoms with Crippen LogP contribution in [0.1, 0.15) is 31.4 Å². The van der Waals surface area contributed by atoms with Crippen molar-refractivity contribution in [2.24, 2.45) is 16.6 Å². The highest BCUT2D eigenvalue weighted by atomic mass is 16.5. The number of urea groups is 1. The molecule has 3 rings (SSSR count). The quantitative estimate of drug-likeness (QED) is 0.895. The van der Waals surface area contributed by atoms with E-state index < -0.39 is 0 Å². The molecule has 1 atom stereocenters. The SMILES string of the molecule is CCOc1ccc(C2C(N)=NC(=O)N2CC2CC2)cc1. The Hall–Kier alpha value is -2.04. The van der Waals surface area contributed by atoms with Gasteiger partial charge in [0.1, 0.15) is 17.6 Å². The molecule has 0 aromatic heterocycles. The van der Waals surface area contributed by atoms with Crippen molar-refractivity contribution in [3.63, 3.8) is 0 Å². The van der Waals surface area contributed by atoms with Gasteiger partial charge >= 0.3 is 6.03 Å². The Kier molecular flexibility index (Phi) is 3.34. The van der Waals surface area contributed by atoms with Gasteiger partial charge in [-0.1, -0.05) is 12.1 Å². The second-order valence-corrected chi connectivity index (χ2v) is 5.32. The maximum Gasteiger partial charge on any atom is 0.346 e. The summed E-state index contributed by atoms with van der Waals surface area (Å²) in [7, 11) is 0. The molecule has 106 valence electrons. The van der Waals surface area contributed by atoms with Crippen LogP contribution in [-0.4, -0.2) is 29.9 Å². The van der Waals surface area contributed by atoms with Crippen LogP contribution in [0.15, 0.2) is 29.3 Å². The summed E-state index contributed by atoms with van der Waals surface area (Å²) in [5.74, 6) is 1.83. The maximum absolute atomic E-state index is 11.9. The first-order valence-corrected chi connectivity index (χ1v) is 7.06. The van der Waals surface area contributed by atoms with Crippen molar-refractivity contribution >= 4 is 11.9 Å². The number of rotatable bonds is 5. The average Bonchev–Trinajstić information content (AvgIpc) is 3.19. The van der Waals surface area contributed by atoms with E-state index in [1.54, 1.807) is 4.90 Å². The highest BCUT2D eigenvalue weighted by molar-refractivity contribution is 6.03. The van der Waals surface area contributed by atoms with Crippen LogP contribution in [0.2, 0.25) is 0 Å². The Morgan fingerprint density at radius 2 is 2.05 bits per heavy atom. The number of aliphatic imine (C=N–C) groups is 1. The van der Waals surface area contributed by atoms with E-state index in [0.29, 0.717) is 18.4 Å². The van der Waals surface area contributed by atoms with Gasteiger partial charge in [-0.2, -0.15) is 4.99 Å². The Morgan fingerprint density at radius 3 is 2.65 bits per heavy atom. The standard InChI is InChI=1S/C15H19N3O2/c1-2-20-12-7-5-11(6-8-12)13-14(16)17-15(19)18(13)9-10-3-4-10/h5-8,10,13H,2-4,9H2,1H3,(H2,16,17,19). The molecule has 2 amide bonds. The normalized spacial score (nSPS) is 22.1. The minimum atomic E-state index is -0.223. The van der Waals surface area contributed by atoms with Crippen LogP contribution in [0.25, 0.3) is 0 Å². The Balaban J connectivity index is 1.81. The van der Waals surface area contributed by atoms with E-state index in [9.17, 15) is 4.79 Å². The molecule has 1 aromatic rings. The smallest absolute Gasteiger partial charge is 0.346 e. The predicted octanol–water partition coefficient (Wildman–Crippen LogP) is 2.33. The Morgan fingerprint density at radius 1 is 1.35 bits per heavy atom. The van der Waals surface area contributed by atoms with Gasteiger partial charge in [0.25, 0.3) is 0 Å². The molecule has 1 fully saturated rings. The van der Waals surface area contributed by atoms with E-state index in [2.05, 4.69) is 4.99 Å². The fourth-order valence-corrected chi connectivity index (χ4v) is 2.53. The van der Waals surface area contributed by atoms with Gasteiger partial charge in [-0.05, 0) is 43.4 Å². The van der Waals surface area contributed by atoms with Crippen molar-refractivity contribution in [1.29, 1.82) is 0 Å². The highest BCUT2D eigenvalue weighted by Crippen LogP contribution is 2.35. The van der Waals surface area contributed by atoms with Crippen molar-refractivity contribution in [1.82, 2.24) is 4.90 Å². The number of amides is 2. The van der Waals surface area contributed by atoms with E-state index >= 15 is 0 Å². The molecule has 0 saturated heterocycles. The summed E-state index contributed by atoms with van der Waals surface area (Å²) in [6.45, 7) is 3.34. The van der Waals surface area contributed by atoms with Crippen LogP contribution in [-0.2, 0) is 0 Å². The topological polar surface area (TPSA) is 67.9 Å². The summed E-state index contributed by atoms with van der Waals surface area (Å²) in [6, 6.07) is 7.29. The van der Waals surface area contributed by atoms with Crippen molar-refractivity contribution in [3.8, 4) is 5.75 Å². The number of hydrogen-bond acceptors (Lipinski definition) is 3. The molecule has 1 aliphatic heterocycles. The predicted molar refractivity (Wildman–Crippen MR) is 76.8 cm³/mol. The van der Waals surface area contributed by atoms with E-state index in [4.69, 9.17) is 10.5 Å².